The number of hydrogen-bond donors (Lipinski definition) is 2. The van der Waals surface area contributed by atoms with Crippen LogP contribution in [-0.2, 0) is 6.54 Å². The average molecular weight is 442 g/mol. The van der Waals surface area contributed by atoms with Crippen LogP contribution in [-0.4, -0.2) is 43.6 Å². The molecule has 5 rings (SSSR count). The minimum Gasteiger partial charge on any atom is -0.461 e. The molecule has 0 spiro atoms. The molecule has 4 heterocycles. The lowest BCUT2D eigenvalue weighted by molar-refractivity contribution is 0.250. The van der Waals surface area contributed by atoms with Gasteiger partial charge < -0.3 is 15.5 Å². The van der Waals surface area contributed by atoms with Gasteiger partial charge in [0.15, 0.2) is 11.4 Å². The smallest absolute Gasteiger partial charge is 0.225 e. The molecule has 0 aliphatic carbocycles. The summed E-state index contributed by atoms with van der Waals surface area (Å²) in [6, 6.07) is 10.4. The van der Waals surface area contributed by atoms with E-state index in [1.165, 1.54) is 10.6 Å². The van der Waals surface area contributed by atoms with Crippen molar-refractivity contribution in [3.63, 3.8) is 0 Å². The standard InChI is InChI=1S/C21H21ClFN7O/c22-15-5-1-6-16(23)14(15)12-29-8-2-4-13(29)11-25-18-10-19-27-20(17-7-3-9-31-17)28-30(19)21(24)26-18/h1,3,5-7,9-10,13,25H,2,4,8,11-12H2,(H2,24,26). The highest BCUT2D eigenvalue weighted by molar-refractivity contribution is 6.31. The SMILES string of the molecule is Nc1nc(NCC2CCCN2Cc2c(F)cccc2Cl)cc2nc(-c3ccco3)nn12. The molecule has 1 aliphatic heterocycles. The maximum Gasteiger partial charge on any atom is 0.225 e. The van der Waals surface area contributed by atoms with Crippen molar-refractivity contribution < 1.29 is 8.81 Å². The van der Waals surface area contributed by atoms with E-state index in [0.717, 1.165) is 19.4 Å². The van der Waals surface area contributed by atoms with Gasteiger partial charge >= 0.3 is 0 Å². The molecule has 3 N–H and O–H groups in total. The third-order valence-corrected chi connectivity index (χ3v) is 5.89. The average Bonchev–Trinajstić information content (AvgIpc) is 3.49. The van der Waals surface area contributed by atoms with Crippen molar-refractivity contribution in [2.24, 2.45) is 0 Å². The van der Waals surface area contributed by atoms with E-state index in [4.69, 9.17) is 21.8 Å². The molecule has 1 aliphatic rings. The topological polar surface area (TPSA) is 97.5 Å². The molecule has 4 aromatic rings. The lowest BCUT2D eigenvalue weighted by atomic mass is 10.1. The summed E-state index contributed by atoms with van der Waals surface area (Å²) in [6.45, 7) is 2.01. The molecule has 8 nitrogen and oxygen atoms in total. The van der Waals surface area contributed by atoms with E-state index in [0.29, 0.717) is 46.7 Å². The van der Waals surface area contributed by atoms with E-state index in [1.54, 1.807) is 36.6 Å². The number of nitrogens with two attached hydrogens (primary N) is 1. The van der Waals surface area contributed by atoms with Crippen LogP contribution in [0.4, 0.5) is 16.2 Å². The lowest BCUT2D eigenvalue weighted by Crippen LogP contribution is -2.35. The fourth-order valence-electron chi connectivity index (χ4n) is 3.96. The number of rotatable bonds is 6. The van der Waals surface area contributed by atoms with E-state index in [1.807, 2.05) is 0 Å². The van der Waals surface area contributed by atoms with Crippen molar-refractivity contribution in [2.45, 2.75) is 25.4 Å². The molecule has 31 heavy (non-hydrogen) atoms. The molecule has 1 aromatic carbocycles. The number of nitrogens with zero attached hydrogens (tertiary/aromatic N) is 5. The Hall–Kier alpha value is -3.17. The van der Waals surface area contributed by atoms with Gasteiger partial charge in [-0.05, 0) is 43.7 Å². The first-order valence-electron chi connectivity index (χ1n) is 10.1. The van der Waals surface area contributed by atoms with E-state index in [2.05, 4.69) is 25.3 Å². The van der Waals surface area contributed by atoms with Crippen LogP contribution in [0.2, 0.25) is 5.02 Å². The zero-order chi connectivity index (χ0) is 21.4. The van der Waals surface area contributed by atoms with Gasteiger partial charge in [0.1, 0.15) is 11.6 Å². The summed E-state index contributed by atoms with van der Waals surface area (Å²) in [5.74, 6) is 1.57. The second-order valence-corrected chi connectivity index (χ2v) is 7.94. The van der Waals surface area contributed by atoms with Crippen molar-refractivity contribution in [2.75, 3.05) is 24.1 Å². The molecule has 10 heteroatoms. The van der Waals surface area contributed by atoms with Gasteiger partial charge in [-0.15, -0.1) is 5.10 Å². The molecular weight excluding hydrogens is 421 g/mol. The largest absolute Gasteiger partial charge is 0.461 e. The number of hydrogen-bond acceptors (Lipinski definition) is 7. The number of halogens is 2. The fraction of sp³-hybridized carbons (Fsp3) is 0.286. The quantitative estimate of drug-likeness (QED) is 0.469. The molecule has 0 radical (unpaired) electrons. The Kier molecular flexibility index (Phi) is 5.21. The first-order chi connectivity index (χ1) is 15.1. The molecule has 160 valence electrons. The molecule has 1 saturated heterocycles. The third-order valence-electron chi connectivity index (χ3n) is 5.53. The van der Waals surface area contributed by atoms with Crippen LogP contribution in [0.3, 0.4) is 0 Å². The third kappa shape index (κ3) is 3.94. The summed E-state index contributed by atoms with van der Waals surface area (Å²) >= 11 is 6.21. The van der Waals surface area contributed by atoms with E-state index in [-0.39, 0.29) is 17.8 Å². The molecule has 0 amide bonds. The van der Waals surface area contributed by atoms with Crippen LogP contribution in [0.15, 0.2) is 47.1 Å². The summed E-state index contributed by atoms with van der Waals surface area (Å²) in [7, 11) is 0. The summed E-state index contributed by atoms with van der Waals surface area (Å²) < 4.78 is 21.0. The van der Waals surface area contributed by atoms with Crippen LogP contribution in [0.1, 0.15) is 18.4 Å². The monoisotopic (exact) mass is 441 g/mol. The normalized spacial score (nSPS) is 16.9. The highest BCUT2D eigenvalue weighted by atomic mass is 35.5. The molecule has 1 unspecified atom stereocenters. The van der Waals surface area contributed by atoms with Crippen LogP contribution in [0.5, 0.6) is 0 Å². The van der Waals surface area contributed by atoms with Crippen molar-refractivity contribution in [1.82, 2.24) is 24.5 Å². The number of aromatic nitrogens is 4. The van der Waals surface area contributed by atoms with Gasteiger partial charge in [0, 0.05) is 35.8 Å². The molecule has 1 atom stereocenters. The van der Waals surface area contributed by atoms with Crippen molar-refractivity contribution >= 4 is 29.0 Å². The second-order valence-electron chi connectivity index (χ2n) is 7.53. The first kappa shape index (κ1) is 19.8. The Bertz CT molecular complexity index is 1190. The number of fused-ring (bicyclic) bond motifs is 1. The van der Waals surface area contributed by atoms with Crippen LogP contribution in [0.25, 0.3) is 17.2 Å². The summed E-state index contributed by atoms with van der Waals surface area (Å²) in [6.07, 6.45) is 3.62. The maximum atomic E-state index is 14.2. The van der Waals surface area contributed by atoms with Gasteiger partial charge in [-0.1, -0.05) is 17.7 Å². The Morgan fingerprint density at radius 1 is 1.26 bits per heavy atom. The Morgan fingerprint density at radius 3 is 2.97 bits per heavy atom. The predicted octanol–water partition coefficient (Wildman–Crippen LogP) is 3.84. The number of anilines is 2. The Labute approximate surface area is 182 Å². The van der Waals surface area contributed by atoms with Gasteiger partial charge in [0.05, 0.1) is 6.26 Å². The maximum absolute atomic E-state index is 14.2. The zero-order valence-corrected chi connectivity index (χ0v) is 17.4. The van der Waals surface area contributed by atoms with Gasteiger partial charge in [0.25, 0.3) is 0 Å². The molecular formula is C21H21ClFN7O. The highest BCUT2D eigenvalue weighted by Gasteiger charge is 2.26. The molecule has 0 saturated carbocycles. The number of benzene rings is 1. The second kappa shape index (κ2) is 8.16. The van der Waals surface area contributed by atoms with Crippen LogP contribution in [0, 0.1) is 5.82 Å². The Morgan fingerprint density at radius 2 is 2.16 bits per heavy atom. The van der Waals surface area contributed by atoms with Crippen molar-refractivity contribution in [1.29, 1.82) is 0 Å². The molecule has 1 fully saturated rings. The van der Waals surface area contributed by atoms with Crippen molar-refractivity contribution in [3.05, 3.63) is 59.1 Å². The number of nitrogen functional groups attached to an aromatic ring is 1. The molecule has 0 bridgehead atoms. The van der Waals surface area contributed by atoms with Crippen LogP contribution >= 0.6 is 11.6 Å². The van der Waals surface area contributed by atoms with E-state index >= 15 is 0 Å². The minimum atomic E-state index is -0.273. The molecule has 3 aromatic heterocycles. The Balaban J connectivity index is 1.31. The number of nitrogens with one attached hydrogen (secondary N) is 1. The van der Waals surface area contributed by atoms with Gasteiger partial charge in [-0.3, -0.25) is 4.90 Å². The van der Waals surface area contributed by atoms with Gasteiger partial charge in [0.2, 0.25) is 11.8 Å². The predicted molar refractivity (Wildman–Crippen MR) is 116 cm³/mol. The van der Waals surface area contributed by atoms with E-state index in [9.17, 15) is 4.39 Å². The summed E-state index contributed by atoms with van der Waals surface area (Å²) in [4.78, 5) is 11.1. The summed E-state index contributed by atoms with van der Waals surface area (Å²) in [5, 5.41) is 8.15. The summed E-state index contributed by atoms with van der Waals surface area (Å²) in [5.41, 5.74) is 7.19. The lowest BCUT2D eigenvalue weighted by Gasteiger charge is -2.25. The highest BCUT2D eigenvalue weighted by Crippen LogP contribution is 2.26. The minimum absolute atomic E-state index is 0.228. The fourth-order valence-corrected chi connectivity index (χ4v) is 4.18. The van der Waals surface area contributed by atoms with Gasteiger partial charge in [-0.2, -0.15) is 9.50 Å². The van der Waals surface area contributed by atoms with Crippen molar-refractivity contribution in [3.8, 4) is 11.6 Å². The first-order valence-corrected chi connectivity index (χ1v) is 10.4. The zero-order valence-electron chi connectivity index (χ0n) is 16.6. The number of likely N-dealkylation sites (tertiary alicyclic amines) is 1. The number of furan rings is 1. The van der Waals surface area contributed by atoms with Crippen LogP contribution < -0.4 is 11.1 Å². The van der Waals surface area contributed by atoms with E-state index < -0.39 is 0 Å². The van der Waals surface area contributed by atoms with Gasteiger partial charge in [-0.25, -0.2) is 9.37 Å².